The Morgan fingerprint density at radius 1 is 1.04 bits per heavy atom. The average Bonchev–Trinajstić information content (AvgIpc) is 2.94. The molecular weight excluding hydrogens is 328 g/mol. The fourth-order valence-electron chi connectivity index (χ4n) is 2.89. The smallest absolute Gasteiger partial charge is 0.290 e. The number of furan rings is 1. The van der Waals surface area contributed by atoms with Gasteiger partial charge in [-0.25, -0.2) is 0 Å². The van der Waals surface area contributed by atoms with Crippen molar-refractivity contribution in [2.45, 2.75) is 20.8 Å². The van der Waals surface area contributed by atoms with Crippen molar-refractivity contribution in [3.8, 4) is 0 Å². The van der Waals surface area contributed by atoms with E-state index in [1.54, 1.807) is 7.05 Å². The Balaban J connectivity index is 1.73. The summed E-state index contributed by atoms with van der Waals surface area (Å²) >= 11 is 0. The van der Waals surface area contributed by atoms with Crippen molar-refractivity contribution in [3.05, 3.63) is 64.9 Å². The number of amides is 2. The highest BCUT2D eigenvalue weighted by molar-refractivity contribution is 6.02. The quantitative estimate of drug-likeness (QED) is 0.771. The molecule has 0 bridgehead atoms. The zero-order valence-electron chi connectivity index (χ0n) is 15.4. The second-order valence-electron chi connectivity index (χ2n) is 6.58. The Hall–Kier alpha value is -3.08. The third kappa shape index (κ3) is 3.47. The van der Waals surface area contributed by atoms with Crippen LogP contribution in [0.4, 0.5) is 5.69 Å². The number of nitrogens with one attached hydrogen (secondary N) is 1. The summed E-state index contributed by atoms with van der Waals surface area (Å²) in [6.07, 6.45) is 0. The highest BCUT2D eigenvalue weighted by Crippen LogP contribution is 2.28. The molecule has 0 spiro atoms. The normalized spacial score (nSPS) is 10.8. The number of carbonyl (C=O) groups excluding carboxylic acids is 2. The lowest BCUT2D eigenvalue weighted by Crippen LogP contribution is -2.35. The third-order valence-electron chi connectivity index (χ3n) is 4.42. The number of fused-ring (bicyclic) bond motifs is 1. The van der Waals surface area contributed by atoms with Crippen molar-refractivity contribution >= 4 is 28.5 Å². The van der Waals surface area contributed by atoms with Crippen LogP contribution >= 0.6 is 0 Å². The van der Waals surface area contributed by atoms with Gasteiger partial charge in [-0.3, -0.25) is 9.59 Å². The molecular formula is C21H22N2O3. The Morgan fingerprint density at radius 2 is 1.73 bits per heavy atom. The van der Waals surface area contributed by atoms with E-state index < -0.39 is 0 Å². The van der Waals surface area contributed by atoms with Crippen LogP contribution in [-0.4, -0.2) is 30.3 Å². The van der Waals surface area contributed by atoms with E-state index in [9.17, 15) is 9.59 Å². The molecule has 0 radical (unpaired) electrons. The molecule has 0 aliphatic heterocycles. The summed E-state index contributed by atoms with van der Waals surface area (Å²) in [5.41, 5.74) is 4.30. The van der Waals surface area contributed by atoms with Gasteiger partial charge in [0.1, 0.15) is 5.58 Å². The van der Waals surface area contributed by atoms with Gasteiger partial charge in [-0.2, -0.15) is 0 Å². The van der Waals surface area contributed by atoms with E-state index in [2.05, 4.69) is 5.32 Å². The van der Waals surface area contributed by atoms with Gasteiger partial charge in [-0.1, -0.05) is 35.9 Å². The van der Waals surface area contributed by atoms with Crippen LogP contribution in [0.1, 0.15) is 27.2 Å². The number of nitrogens with zero attached hydrogens (tertiary/aromatic N) is 1. The molecule has 3 rings (SSSR count). The van der Waals surface area contributed by atoms with Gasteiger partial charge in [0.05, 0.1) is 6.54 Å². The van der Waals surface area contributed by atoms with Gasteiger partial charge in [-0.15, -0.1) is 0 Å². The SMILES string of the molecule is Cc1ccc(NC(=O)CN(C)C(=O)c2oc3c(C)cccc3c2C)cc1. The van der Waals surface area contributed by atoms with Gasteiger partial charge in [0.2, 0.25) is 5.91 Å². The van der Waals surface area contributed by atoms with Crippen LogP contribution in [0.2, 0.25) is 0 Å². The molecule has 1 aromatic heterocycles. The highest BCUT2D eigenvalue weighted by Gasteiger charge is 2.23. The van der Waals surface area contributed by atoms with Crippen molar-refractivity contribution < 1.29 is 14.0 Å². The summed E-state index contributed by atoms with van der Waals surface area (Å²) in [5, 5.41) is 3.72. The number of hydrogen-bond acceptors (Lipinski definition) is 3. The first-order valence-electron chi connectivity index (χ1n) is 8.47. The summed E-state index contributed by atoms with van der Waals surface area (Å²) in [5.74, 6) is -0.285. The van der Waals surface area contributed by atoms with Crippen molar-refractivity contribution in [2.75, 3.05) is 18.9 Å². The van der Waals surface area contributed by atoms with Crippen molar-refractivity contribution in [2.24, 2.45) is 0 Å². The maximum Gasteiger partial charge on any atom is 0.290 e. The first kappa shape index (κ1) is 17.7. The van der Waals surface area contributed by atoms with E-state index in [1.807, 2.05) is 63.2 Å². The molecule has 134 valence electrons. The summed E-state index contributed by atoms with van der Waals surface area (Å²) in [6, 6.07) is 13.3. The van der Waals surface area contributed by atoms with Crippen LogP contribution in [0.5, 0.6) is 0 Å². The molecule has 0 saturated carbocycles. The summed E-state index contributed by atoms with van der Waals surface area (Å²) < 4.78 is 5.80. The van der Waals surface area contributed by atoms with E-state index in [0.717, 1.165) is 22.1 Å². The molecule has 2 amide bonds. The fourth-order valence-corrected chi connectivity index (χ4v) is 2.89. The maximum atomic E-state index is 12.7. The minimum absolute atomic E-state index is 0.0534. The summed E-state index contributed by atoms with van der Waals surface area (Å²) in [6.45, 7) is 5.73. The predicted molar refractivity (Wildman–Crippen MR) is 102 cm³/mol. The van der Waals surface area contributed by atoms with Gasteiger partial charge in [0, 0.05) is 23.7 Å². The maximum absolute atomic E-state index is 12.7. The second kappa shape index (κ2) is 7.04. The summed E-state index contributed by atoms with van der Waals surface area (Å²) in [4.78, 5) is 26.3. The van der Waals surface area contributed by atoms with Gasteiger partial charge in [-0.05, 0) is 38.5 Å². The Morgan fingerprint density at radius 3 is 2.38 bits per heavy atom. The van der Waals surface area contributed by atoms with E-state index in [0.29, 0.717) is 11.3 Å². The van der Waals surface area contributed by atoms with Crippen molar-refractivity contribution in [1.82, 2.24) is 4.90 Å². The Bertz CT molecular complexity index is 971. The number of benzene rings is 2. The molecule has 2 aromatic carbocycles. The van der Waals surface area contributed by atoms with Gasteiger partial charge < -0.3 is 14.6 Å². The molecule has 1 N–H and O–H groups in total. The van der Waals surface area contributed by atoms with Crippen LogP contribution in [-0.2, 0) is 4.79 Å². The Kier molecular flexibility index (Phi) is 4.80. The van der Waals surface area contributed by atoms with Gasteiger partial charge in [0.25, 0.3) is 5.91 Å². The molecule has 0 aliphatic carbocycles. The lowest BCUT2D eigenvalue weighted by atomic mass is 10.1. The molecule has 0 saturated heterocycles. The van der Waals surface area contributed by atoms with Crippen LogP contribution in [0.25, 0.3) is 11.0 Å². The number of anilines is 1. The van der Waals surface area contributed by atoms with E-state index in [1.165, 1.54) is 4.90 Å². The monoisotopic (exact) mass is 350 g/mol. The average molecular weight is 350 g/mol. The number of hydrogen-bond donors (Lipinski definition) is 1. The van der Waals surface area contributed by atoms with Crippen LogP contribution < -0.4 is 5.32 Å². The van der Waals surface area contributed by atoms with Crippen molar-refractivity contribution in [1.29, 1.82) is 0 Å². The minimum Gasteiger partial charge on any atom is -0.450 e. The van der Waals surface area contributed by atoms with Crippen LogP contribution in [0, 0.1) is 20.8 Å². The Labute approximate surface area is 152 Å². The van der Waals surface area contributed by atoms with Crippen LogP contribution in [0.15, 0.2) is 46.9 Å². The first-order valence-corrected chi connectivity index (χ1v) is 8.47. The lowest BCUT2D eigenvalue weighted by Gasteiger charge is -2.16. The van der Waals surface area contributed by atoms with E-state index in [-0.39, 0.29) is 24.1 Å². The highest BCUT2D eigenvalue weighted by atomic mass is 16.3. The number of likely N-dealkylation sites (N-methyl/N-ethyl adjacent to an activating group) is 1. The van der Waals surface area contributed by atoms with E-state index >= 15 is 0 Å². The second-order valence-corrected chi connectivity index (χ2v) is 6.58. The predicted octanol–water partition coefficient (Wildman–Crippen LogP) is 4.07. The standard InChI is InChI=1S/C21H22N2O3/c1-13-8-10-16(11-9-13)22-18(24)12-23(4)21(25)20-15(3)17-7-5-6-14(2)19(17)26-20/h5-11H,12H2,1-4H3,(H,22,24). The zero-order chi connectivity index (χ0) is 18.8. The fraction of sp³-hybridized carbons (Fsp3) is 0.238. The molecule has 0 unspecified atom stereocenters. The number of para-hydroxylation sites is 1. The first-order chi connectivity index (χ1) is 12.4. The number of rotatable bonds is 4. The molecule has 5 nitrogen and oxygen atoms in total. The van der Waals surface area contributed by atoms with Gasteiger partial charge >= 0.3 is 0 Å². The molecule has 1 heterocycles. The zero-order valence-corrected chi connectivity index (χ0v) is 15.4. The molecule has 5 heteroatoms. The molecule has 26 heavy (non-hydrogen) atoms. The van der Waals surface area contributed by atoms with Crippen molar-refractivity contribution in [3.63, 3.8) is 0 Å². The third-order valence-corrected chi connectivity index (χ3v) is 4.42. The topological polar surface area (TPSA) is 62.6 Å². The molecule has 0 atom stereocenters. The molecule has 0 fully saturated rings. The largest absolute Gasteiger partial charge is 0.450 e. The number of aryl methyl sites for hydroxylation is 3. The molecule has 0 aliphatic rings. The summed E-state index contributed by atoms with van der Waals surface area (Å²) in [7, 11) is 1.59. The van der Waals surface area contributed by atoms with Crippen LogP contribution in [0.3, 0.4) is 0 Å². The number of carbonyl (C=O) groups is 2. The van der Waals surface area contributed by atoms with Gasteiger partial charge in [0.15, 0.2) is 5.76 Å². The molecule has 3 aromatic rings. The van der Waals surface area contributed by atoms with E-state index in [4.69, 9.17) is 4.42 Å². The minimum atomic E-state index is -0.308. The lowest BCUT2D eigenvalue weighted by molar-refractivity contribution is -0.116.